The number of benzene rings is 1. The monoisotopic (exact) mass is 252 g/mol. The van der Waals surface area contributed by atoms with Crippen LogP contribution in [0, 0.1) is 0 Å². The summed E-state index contributed by atoms with van der Waals surface area (Å²) >= 11 is 6.05. The van der Waals surface area contributed by atoms with Crippen LogP contribution in [0.1, 0.15) is 17.4 Å². The first kappa shape index (κ1) is 12.0. The molecule has 0 spiro atoms. The molecule has 17 heavy (non-hydrogen) atoms. The summed E-state index contributed by atoms with van der Waals surface area (Å²) in [5, 5.41) is 14.9. The van der Waals surface area contributed by atoms with Crippen molar-refractivity contribution in [2.45, 2.75) is 6.10 Å². The molecule has 0 bridgehead atoms. The maximum absolute atomic E-state index is 10.3. The molecule has 1 atom stereocenters. The van der Waals surface area contributed by atoms with Crippen LogP contribution in [0.4, 0.5) is 0 Å². The van der Waals surface area contributed by atoms with E-state index in [9.17, 15) is 5.11 Å². The van der Waals surface area contributed by atoms with Crippen molar-refractivity contribution < 1.29 is 9.84 Å². The van der Waals surface area contributed by atoms with E-state index in [0.29, 0.717) is 22.0 Å². The van der Waals surface area contributed by atoms with Crippen LogP contribution >= 0.6 is 11.6 Å². The van der Waals surface area contributed by atoms with Gasteiger partial charge in [-0.05, 0) is 6.07 Å². The van der Waals surface area contributed by atoms with Crippen LogP contribution in [0.3, 0.4) is 0 Å². The van der Waals surface area contributed by atoms with E-state index in [1.165, 1.54) is 0 Å². The smallest absolute Gasteiger partial charge is 0.162 e. The number of aromatic nitrogens is 2. The molecule has 1 heterocycles. The minimum absolute atomic E-state index is 0.517. The Labute approximate surface area is 104 Å². The van der Waals surface area contributed by atoms with Gasteiger partial charge >= 0.3 is 0 Å². The Hall–Kier alpha value is -1.52. The van der Waals surface area contributed by atoms with Crippen molar-refractivity contribution in [1.82, 2.24) is 9.78 Å². The molecule has 0 aliphatic carbocycles. The van der Waals surface area contributed by atoms with Gasteiger partial charge in [0.2, 0.25) is 0 Å². The number of hydrogen-bond acceptors (Lipinski definition) is 3. The Morgan fingerprint density at radius 3 is 2.76 bits per heavy atom. The van der Waals surface area contributed by atoms with Gasteiger partial charge in [0.15, 0.2) is 5.75 Å². The quantitative estimate of drug-likeness (QED) is 0.911. The highest BCUT2D eigenvalue weighted by atomic mass is 35.5. The molecule has 0 aliphatic rings. The van der Waals surface area contributed by atoms with Gasteiger partial charge in [0, 0.05) is 17.6 Å². The predicted molar refractivity (Wildman–Crippen MR) is 65.3 cm³/mol. The Kier molecular flexibility index (Phi) is 3.36. The number of methoxy groups -OCH3 is 1. The van der Waals surface area contributed by atoms with Crippen LogP contribution in [0.15, 0.2) is 30.5 Å². The highest BCUT2D eigenvalue weighted by Crippen LogP contribution is 2.32. The van der Waals surface area contributed by atoms with Gasteiger partial charge < -0.3 is 9.84 Å². The summed E-state index contributed by atoms with van der Waals surface area (Å²) in [5.41, 5.74) is 1.22. The lowest BCUT2D eigenvalue weighted by atomic mass is 10.1. The minimum atomic E-state index is -0.855. The predicted octanol–water partition coefficient (Wildman–Crippen LogP) is 2.16. The average Bonchev–Trinajstić information content (AvgIpc) is 2.70. The molecule has 90 valence electrons. The first-order valence-corrected chi connectivity index (χ1v) is 5.51. The Bertz CT molecular complexity index is 525. The van der Waals surface area contributed by atoms with Crippen LogP contribution in [0.2, 0.25) is 5.02 Å². The Morgan fingerprint density at radius 2 is 2.12 bits per heavy atom. The molecule has 0 saturated heterocycles. The number of halogens is 1. The zero-order valence-electron chi connectivity index (χ0n) is 9.59. The van der Waals surface area contributed by atoms with Gasteiger partial charge in [-0.2, -0.15) is 5.10 Å². The molecule has 2 aromatic rings. The summed E-state index contributed by atoms with van der Waals surface area (Å²) in [6.07, 6.45) is 0.709. The second kappa shape index (κ2) is 4.77. The van der Waals surface area contributed by atoms with E-state index in [-0.39, 0.29) is 0 Å². The van der Waals surface area contributed by atoms with E-state index in [0.717, 1.165) is 0 Å². The van der Waals surface area contributed by atoms with Gasteiger partial charge in [0.25, 0.3) is 0 Å². The molecule has 0 saturated carbocycles. The number of aliphatic hydroxyl groups excluding tert-OH is 1. The largest absolute Gasteiger partial charge is 0.493 e. The van der Waals surface area contributed by atoms with E-state index in [2.05, 4.69) is 5.10 Å². The van der Waals surface area contributed by atoms with Crippen molar-refractivity contribution >= 4 is 11.6 Å². The molecule has 1 aromatic heterocycles. The molecule has 2 rings (SSSR count). The standard InChI is InChI=1S/C12H13ClN2O2/c1-15-11(10(17-2)7-14-15)12(16)8-5-3-4-6-9(8)13/h3-7,12,16H,1-2H3. The molecule has 0 fully saturated rings. The van der Waals surface area contributed by atoms with Crippen molar-refractivity contribution in [3.8, 4) is 5.75 Å². The molecule has 0 aliphatic heterocycles. The van der Waals surface area contributed by atoms with E-state index >= 15 is 0 Å². The molecular formula is C12H13ClN2O2. The summed E-state index contributed by atoms with van der Waals surface area (Å²) in [5.74, 6) is 0.542. The van der Waals surface area contributed by atoms with Gasteiger partial charge in [0.05, 0.1) is 13.3 Å². The van der Waals surface area contributed by atoms with Crippen molar-refractivity contribution in [3.63, 3.8) is 0 Å². The maximum Gasteiger partial charge on any atom is 0.162 e. The Balaban J connectivity index is 2.47. The van der Waals surface area contributed by atoms with E-state index < -0.39 is 6.10 Å². The van der Waals surface area contributed by atoms with Crippen molar-refractivity contribution in [2.24, 2.45) is 7.05 Å². The number of aryl methyl sites for hydroxylation is 1. The van der Waals surface area contributed by atoms with Gasteiger partial charge in [-0.1, -0.05) is 29.8 Å². The second-order valence-electron chi connectivity index (χ2n) is 3.65. The summed E-state index contributed by atoms with van der Waals surface area (Å²) in [4.78, 5) is 0. The molecule has 0 amide bonds. The fourth-order valence-electron chi connectivity index (χ4n) is 1.74. The first-order chi connectivity index (χ1) is 8.15. The highest BCUT2D eigenvalue weighted by molar-refractivity contribution is 6.31. The van der Waals surface area contributed by atoms with Crippen LogP contribution in [-0.4, -0.2) is 22.0 Å². The summed E-state index contributed by atoms with van der Waals surface area (Å²) in [7, 11) is 3.29. The highest BCUT2D eigenvalue weighted by Gasteiger charge is 2.21. The fourth-order valence-corrected chi connectivity index (χ4v) is 1.98. The maximum atomic E-state index is 10.3. The average molecular weight is 253 g/mol. The molecule has 1 N–H and O–H groups in total. The number of aliphatic hydroxyl groups is 1. The van der Waals surface area contributed by atoms with Gasteiger partial charge in [-0.25, -0.2) is 0 Å². The lowest BCUT2D eigenvalue weighted by molar-refractivity contribution is 0.204. The fraction of sp³-hybridized carbons (Fsp3) is 0.250. The first-order valence-electron chi connectivity index (χ1n) is 5.13. The zero-order chi connectivity index (χ0) is 12.4. The van der Waals surface area contributed by atoms with Crippen molar-refractivity contribution in [3.05, 3.63) is 46.7 Å². The van der Waals surface area contributed by atoms with Crippen LogP contribution in [0.5, 0.6) is 5.75 Å². The van der Waals surface area contributed by atoms with E-state index in [1.54, 1.807) is 37.2 Å². The lowest BCUT2D eigenvalue weighted by Crippen LogP contribution is -2.08. The van der Waals surface area contributed by atoms with E-state index in [1.807, 2.05) is 12.1 Å². The summed E-state index contributed by atoms with van der Waals surface area (Å²) in [6, 6.07) is 7.16. The number of hydrogen-bond donors (Lipinski definition) is 1. The normalized spacial score (nSPS) is 12.5. The lowest BCUT2D eigenvalue weighted by Gasteiger charge is -2.14. The topological polar surface area (TPSA) is 47.3 Å². The van der Waals surface area contributed by atoms with Crippen LogP contribution < -0.4 is 4.74 Å². The summed E-state index contributed by atoms with van der Waals surface area (Å²) in [6.45, 7) is 0. The molecule has 1 unspecified atom stereocenters. The van der Waals surface area contributed by atoms with Crippen LogP contribution in [0.25, 0.3) is 0 Å². The molecule has 4 nitrogen and oxygen atoms in total. The third kappa shape index (κ3) is 2.14. The number of nitrogens with zero attached hydrogens (tertiary/aromatic N) is 2. The van der Waals surface area contributed by atoms with Gasteiger partial charge in [0.1, 0.15) is 11.8 Å². The molecule has 0 radical (unpaired) electrons. The number of ether oxygens (including phenoxy) is 1. The van der Waals surface area contributed by atoms with Crippen LogP contribution in [-0.2, 0) is 7.05 Å². The third-order valence-corrected chi connectivity index (χ3v) is 2.97. The number of rotatable bonds is 3. The second-order valence-corrected chi connectivity index (χ2v) is 4.05. The van der Waals surface area contributed by atoms with Gasteiger partial charge in [-0.15, -0.1) is 0 Å². The third-order valence-electron chi connectivity index (χ3n) is 2.63. The molecule has 1 aromatic carbocycles. The Morgan fingerprint density at radius 1 is 1.41 bits per heavy atom. The molecule has 5 heteroatoms. The van der Waals surface area contributed by atoms with E-state index in [4.69, 9.17) is 16.3 Å². The SMILES string of the molecule is COc1cnn(C)c1C(O)c1ccccc1Cl. The van der Waals surface area contributed by atoms with Crippen molar-refractivity contribution in [1.29, 1.82) is 0 Å². The molecular weight excluding hydrogens is 240 g/mol. The minimum Gasteiger partial charge on any atom is -0.493 e. The van der Waals surface area contributed by atoms with Gasteiger partial charge in [-0.3, -0.25) is 4.68 Å². The van der Waals surface area contributed by atoms with Crippen molar-refractivity contribution in [2.75, 3.05) is 7.11 Å². The summed E-state index contributed by atoms with van der Waals surface area (Å²) < 4.78 is 6.74. The zero-order valence-corrected chi connectivity index (χ0v) is 10.3.